The second kappa shape index (κ2) is 5.57. The van der Waals surface area contributed by atoms with E-state index < -0.39 is 0 Å². The maximum atomic E-state index is 12.5. The first-order valence-corrected chi connectivity index (χ1v) is 7.37. The van der Waals surface area contributed by atoms with Crippen LogP contribution in [0.4, 0.5) is 5.69 Å². The Bertz CT molecular complexity index is 1170. The van der Waals surface area contributed by atoms with Crippen molar-refractivity contribution >= 4 is 27.4 Å². The molecule has 0 aliphatic rings. The smallest absolute Gasteiger partial charge is 0.193 e. The number of rotatable bonds is 2. The van der Waals surface area contributed by atoms with Crippen LogP contribution >= 0.6 is 0 Å². The van der Waals surface area contributed by atoms with E-state index in [2.05, 4.69) is 10.0 Å². The fourth-order valence-electron chi connectivity index (χ4n) is 2.77. The van der Waals surface area contributed by atoms with Crippen molar-refractivity contribution in [3.63, 3.8) is 0 Å². The summed E-state index contributed by atoms with van der Waals surface area (Å²) in [5.74, 6) is 0.483. The Morgan fingerprint density at radius 2 is 1.71 bits per heavy atom. The van der Waals surface area contributed by atoms with Crippen LogP contribution in [-0.4, -0.2) is 0 Å². The van der Waals surface area contributed by atoms with Crippen molar-refractivity contribution in [1.29, 1.82) is 0 Å². The van der Waals surface area contributed by atoms with Crippen molar-refractivity contribution in [1.82, 2.24) is 0 Å². The Morgan fingerprint density at radius 1 is 0.917 bits per heavy atom. The monoisotopic (exact) mass is 313 g/mol. The maximum Gasteiger partial charge on any atom is 0.193 e. The van der Waals surface area contributed by atoms with Crippen molar-refractivity contribution in [2.45, 2.75) is 0 Å². The molecule has 0 atom stereocenters. The normalized spacial score (nSPS) is 10.7. The number of benzene rings is 3. The molecular weight excluding hydrogens is 302 g/mol. The largest absolute Gasteiger partial charge is 0.455 e. The number of hydrogen-bond donors (Lipinski definition) is 0. The van der Waals surface area contributed by atoms with Gasteiger partial charge in [-0.3, -0.25) is 4.79 Å². The van der Waals surface area contributed by atoms with Crippen LogP contribution < -0.4 is 5.43 Å². The van der Waals surface area contributed by atoms with Gasteiger partial charge in [-0.1, -0.05) is 59.7 Å². The van der Waals surface area contributed by atoms with E-state index in [4.69, 9.17) is 9.95 Å². The van der Waals surface area contributed by atoms with Gasteiger partial charge in [0.05, 0.1) is 5.39 Å². The van der Waals surface area contributed by atoms with Crippen LogP contribution in [0.25, 0.3) is 43.5 Å². The van der Waals surface area contributed by atoms with Crippen molar-refractivity contribution in [2.24, 2.45) is 5.11 Å². The summed E-state index contributed by atoms with van der Waals surface area (Å²) in [6.07, 6.45) is 0. The number of azide groups is 1. The van der Waals surface area contributed by atoms with Crippen molar-refractivity contribution in [2.75, 3.05) is 0 Å². The van der Waals surface area contributed by atoms with Crippen molar-refractivity contribution < 1.29 is 4.42 Å². The molecule has 0 N–H and O–H groups in total. The third-order valence-corrected chi connectivity index (χ3v) is 3.93. The Morgan fingerprint density at radius 3 is 2.50 bits per heavy atom. The highest BCUT2D eigenvalue weighted by Gasteiger charge is 2.09. The minimum absolute atomic E-state index is 0.0869. The molecule has 0 bridgehead atoms. The predicted molar refractivity (Wildman–Crippen MR) is 94.2 cm³/mol. The van der Waals surface area contributed by atoms with Crippen LogP contribution in [0.2, 0.25) is 0 Å². The van der Waals surface area contributed by atoms with E-state index in [1.807, 2.05) is 30.3 Å². The van der Waals surface area contributed by atoms with Crippen LogP contribution in [0.3, 0.4) is 0 Å². The molecule has 5 nitrogen and oxygen atoms in total. The van der Waals surface area contributed by atoms with Crippen LogP contribution in [0.1, 0.15) is 0 Å². The van der Waals surface area contributed by atoms with E-state index in [1.54, 1.807) is 30.3 Å². The highest BCUT2D eigenvalue weighted by molar-refractivity contribution is 6.04. The Kier molecular flexibility index (Phi) is 3.26. The van der Waals surface area contributed by atoms with Crippen LogP contribution in [0.15, 0.2) is 81.1 Å². The maximum absolute atomic E-state index is 12.5. The van der Waals surface area contributed by atoms with E-state index in [9.17, 15) is 4.79 Å². The Hall–Kier alpha value is -3.56. The highest BCUT2D eigenvalue weighted by Crippen LogP contribution is 2.28. The third-order valence-electron chi connectivity index (χ3n) is 3.93. The van der Waals surface area contributed by atoms with Gasteiger partial charge in [-0.2, -0.15) is 0 Å². The number of nitrogens with zero attached hydrogens (tertiary/aromatic N) is 3. The van der Waals surface area contributed by atoms with E-state index in [1.165, 1.54) is 6.07 Å². The zero-order chi connectivity index (χ0) is 16.5. The standard InChI is InChI=1S/C19H11N3O2/c20-22-21-14-8-5-13(6-9-14)18-11-17(23)16-10-7-12-3-1-2-4-15(12)19(16)24-18/h1-11H. The van der Waals surface area contributed by atoms with Gasteiger partial charge in [-0.15, -0.1) is 0 Å². The van der Waals surface area contributed by atoms with Crippen molar-refractivity contribution in [3.8, 4) is 11.3 Å². The van der Waals surface area contributed by atoms with E-state index in [0.717, 1.165) is 16.3 Å². The Labute approximate surface area is 136 Å². The lowest BCUT2D eigenvalue weighted by Gasteiger charge is -2.06. The molecule has 4 rings (SSSR count). The summed E-state index contributed by atoms with van der Waals surface area (Å²) in [6, 6.07) is 19.9. The predicted octanol–water partition coefficient (Wildman–Crippen LogP) is 5.56. The van der Waals surface area contributed by atoms with Gasteiger partial charge in [0.15, 0.2) is 5.43 Å². The number of fused-ring (bicyclic) bond motifs is 3. The molecule has 0 aliphatic heterocycles. The summed E-state index contributed by atoms with van der Waals surface area (Å²) in [4.78, 5) is 15.2. The first kappa shape index (κ1) is 14.1. The molecule has 0 fully saturated rings. The van der Waals surface area contributed by atoms with E-state index in [0.29, 0.717) is 22.4 Å². The fourth-order valence-corrected chi connectivity index (χ4v) is 2.77. The molecule has 0 saturated heterocycles. The molecule has 5 heteroatoms. The number of hydrogen-bond acceptors (Lipinski definition) is 3. The zero-order valence-corrected chi connectivity index (χ0v) is 12.5. The van der Waals surface area contributed by atoms with Gasteiger partial charge in [-0.25, -0.2) is 0 Å². The average Bonchev–Trinajstić information content (AvgIpc) is 2.62. The molecule has 0 amide bonds. The first-order chi connectivity index (χ1) is 11.8. The van der Waals surface area contributed by atoms with Gasteiger partial charge in [-0.05, 0) is 17.0 Å². The second-order valence-electron chi connectivity index (χ2n) is 5.37. The van der Waals surface area contributed by atoms with E-state index in [-0.39, 0.29) is 5.43 Å². The quantitative estimate of drug-likeness (QED) is 0.210. The summed E-state index contributed by atoms with van der Waals surface area (Å²) in [5.41, 5.74) is 10.2. The van der Waals surface area contributed by atoms with Gasteiger partial charge in [0.1, 0.15) is 11.3 Å². The first-order valence-electron chi connectivity index (χ1n) is 7.37. The van der Waals surface area contributed by atoms with Gasteiger partial charge in [0, 0.05) is 27.6 Å². The minimum atomic E-state index is -0.0869. The summed E-state index contributed by atoms with van der Waals surface area (Å²) >= 11 is 0. The lowest BCUT2D eigenvalue weighted by Crippen LogP contribution is -2.00. The van der Waals surface area contributed by atoms with Crippen LogP contribution in [0.5, 0.6) is 0 Å². The molecule has 24 heavy (non-hydrogen) atoms. The topological polar surface area (TPSA) is 79.0 Å². The van der Waals surface area contributed by atoms with Gasteiger partial charge < -0.3 is 4.42 Å². The van der Waals surface area contributed by atoms with Gasteiger partial charge in [0.25, 0.3) is 0 Å². The molecule has 0 radical (unpaired) electrons. The average molecular weight is 313 g/mol. The molecule has 1 aromatic heterocycles. The molecule has 0 unspecified atom stereocenters. The molecular formula is C19H11N3O2. The van der Waals surface area contributed by atoms with Gasteiger partial charge >= 0.3 is 0 Å². The summed E-state index contributed by atoms with van der Waals surface area (Å²) in [6.45, 7) is 0. The molecule has 114 valence electrons. The van der Waals surface area contributed by atoms with Crippen LogP contribution in [-0.2, 0) is 0 Å². The third kappa shape index (κ3) is 2.29. The second-order valence-corrected chi connectivity index (χ2v) is 5.37. The molecule has 0 aliphatic carbocycles. The molecule has 1 heterocycles. The summed E-state index contributed by atoms with van der Waals surface area (Å²) < 4.78 is 6.04. The highest BCUT2D eigenvalue weighted by atomic mass is 16.3. The van der Waals surface area contributed by atoms with Crippen molar-refractivity contribution in [3.05, 3.63) is 87.4 Å². The molecule has 4 aromatic rings. The van der Waals surface area contributed by atoms with Gasteiger partial charge in [0.2, 0.25) is 0 Å². The molecule has 3 aromatic carbocycles. The summed E-state index contributed by atoms with van der Waals surface area (Å²) in [5, 5.41) is 6.02. The molecule has 0 saturated carbocycles. The minimum Gasteiger partial charge on any atom is -0.455 e. The Balaban J connectivity index is 1.98. The fraction of sp³-hybridized carbons (Fsp3) is 0. The lowest BCUT2D eigenvalue weighted by molar-refractivity contribution is 0.622. The summed E-state index contributed by atoms with van der Waals surface area (Å²) in [7, 11) is 0. The van der Waals surface area contributed by atoms with Crippen LogP contribution in [0, 0.1) is 0 Å². The van der Waals surface area contributed by atoms with E-state index >= 15 is 0 Å². The lowest BCUT2D eigenvalue weighted by atomic mass is 10.1. The SMILES string of the molecule is [N-]=[N+]=Nc1ccc(-c2cc(=O)c3ccc4ccccc4c3o2)cc1. The zero-order valence-electron chi connectivity index (χ0n) is 12.5. The molecule has 0 spiro atoms.